The maximum atomic E-state index is 6.10. The molecule has 1 saturated carbocycles. The average molecular weight is 225 g/mol. The SMILES string of the molecule is CN1CCCOC12N=NC1(CCCCC1)O2. The normalized spacial score (nSPS) is 38.6. The van der Waals surface area contributed by atoms with Crippen molar-refractivity contribution in [2.45, 2.75) is 50.3 Å². The van der Waals surface area contributed by atoms with Gasteiger partial charge >= 0.3 is 6.03 Å². The number of rotatable bonds is 0. The van der Waals surface area contributed by atoms with Crippen molar-refractivity contribution in [3.8, 4) is 0 Å². The van der Waals surface area contributed by atoms with Crippen molar-refractivity contribution >= 4 is 0 Å². The monoisotopic (exact) mass is 225 g/mol. The minimum atomic E-state index is -0.907. The van der Waals surface area contributed by atoms with E-state index in [4.69, 9.17) is 9.47 Å². The summed E-state index contributed by atoms with van der Waals surface area (Å²) < 4.78 is 11.8. The Morgan fingerprint density at radius 1 is 1.06 bits per heavy atom. The van der Waals surface area contributed by atoms with Crippen LogP contribution < -0.4 is 0 Å². The second-order valence-electron chi connectivity index (χ2n) is 4.98. The molecule has 2 aliphatic heterocycles. The first-order valence-corrected chi connectivity index (χ1v) is 6.24. The van der Waals surface area contributed by atoms with Gasteiger partial charge in [0.15, 0.2) is 5.72 Å². The number of hydrogen-bond acceptors (Lipinski definition) is 5. The zero-order valence-corrected chi connectivity index (χ0v) is 9.81. The molecular formula is C11H19N3O2. The lowest BCUT2D eigenvalue weighted by atomic mass is 9.92. The summed E-state index contributed by atoms with van der Waals surface area (Å²) in [5.74, 6) is 0. The van der Waals surface area contributed by atoms with Gasteiger partial charge in [0.25, 0.3) is 0 Å². The predicted octanol–water partition coefficient (Wildman–Crippen LogP) is 2.09. The van der Waals surface area contributed by atoms with Gasteiger partial charge in [0, 0.05) is 6.54 Å². The van der Waals surface area contributed by atoms with Gasteiger partial charge < -0.3 is 4.74 Å². The van der Waals surface area contributed by atoms with Crippen molar-refractivity contribution in [1.82, 2.24) is 4.90 Å². The van der Waals surface area contributed by atoms with Crippen LogP contribution in [0.2, 0.25) is 0 Å². The van der Waals surface area contributed by atoms with Gasteiger partial charge in [0.1, 0.15) is 0 Å². The highest BCUT2D eigenvalue weighted by Gasteiger charge is 2.53. The topological polar surface area (TPSA) is 46.4 Å². The second kappa shape index (κ2) is 3.75. The molecule has 2 heterocycles. The molecule has 0 aromatic carbocycles. The highest BCUT2D eigenvalue weighted by Crippen LogP contribution is 2.44. The molecule has 0 radical (unpaired) electrons. The molecule has 5 heteroatoms. The van der Waals surface area contributed by atoms with Crippen molar-refractivity contribution in [1.29, 1.82) is 0 Å². The smallest absolute Gasteiger partial charge is 0.317 e. The van der Waals surface area contributed by atoms with E-state index in [1.54, 1.807) is 0 Å². The standard InChI is InChI=1S/C11H19N3O2/c1-14-8-5-9-15-11(14)13-12-10(16-11)6-3-2-4-7-10/h2-9H2,1H3. The zero-order valence-electron chi connectivity index (χ0n) is 9.81. The van der Waals surface area contributed by atoms with Crippen molar-refractivity contribution in [2.24, 2.45) is 10.2 Å². The molecule has 2 spiro atoms. The van der Waals surface area contributed by atoms with Gasteiger partial charge in [-0.15, -0.1) is 5.11 Å². The number of hydrogen-bond donors (Lipinski definition) is 0. The quantitative estimate of drug-likeness (QED) is 0.634. The highest BCUT2D eigenvalue weighted by molar-refractivity contribution is 4.89. The Morgan fingerprint density at radius 3 is 2.62 bits per heavy atom. The lowest BCUT2D eigenvalue weighted by Crippen LogP contribution is -2.54. The first-order chi connectivity index (χ1) is 7.75. The number of nitrogens with zero attached hydrogens (tertiary/aromatic N) is 3. The lowest BCUT2D eigenvalue weighted by molar-refractivity contribution is -0.343. The van der Waals surface area contributed by atoms with Crippen LogP contribution in [0.4, 0.5) is 0 Å². The van der Waals surface area contributed by atoms with Crippen LogP contribution in [0.15, 0.2) is 10.2 Å². The molecule has 3 aliphatic rings. The zero-order chi connectivity index (χ0) is 11.1. The van der Waals surface area contributed by atoms with Crippen LogP contribution in [0.3, 0.4) is 0 Å². The molecular weight excluding hydrogens is 206 g/mol. The third-order valence-corrected chi connectivity index (χ3v) is 3.73. The fraction of sp³-hybridized carbons (Fsp3) is 1.00. The van der Waals surface area contributed by atoms with Crippen LogP contribution >= 0.6 is 0 Å². The lowest BCUT2D eigenvalue weighted by Gasteiger charge is -2.40. The molecule has 0 aromatic rings. The van der Waals surface area contributed by atoms with Gasteiger partial charge in [0.2, 0.25) is 0 Å². The molecule has 0 amide bonds. The summed E-state index contributed by atoms with van der Waals surface area (Å²) in [5.41, 5.74) is -0.385. The molecule has 16 heavy (non-hydrogen) atoms. The summed E-state index contributed by atoms with van der Waals surface area (Å²) in [6.45, 7) is 1.66. The van der Waals surface area contributed by atoms with Gasteiger partial charge in [-0.1, -0.05) is 6.42 Å². The Balaban J connectivity index is 1.78. The minimum Gasteiger partial charge on any atom is -0.317 e. The number of ether oxygens (including phenoxy) is 2. The molecule has 3 rings (SSSR count). The first-order valence-electron chi connectivity index (χ1n) is 6.24. The van der Waals surface area contributed by atoms with Crippen LogP contribution in [0, 0.1) is 0 Å². The summed E-state index contributed by atoms with van der Waals surface area (Å²) in [4.78, 5) is 2.02. The van der Waals surface area contributed by atoms with Crippen molar-refractivity contribution in [3.05, 3.63) is 0 Å². The molecule has 0 N–H and O–H groups in total. The Hall–Kier alpha value is -0.520. The molecule has 1 saturated heterocycles. The summed E-state index contributed by atoms with van der Waals surface area (Å²) in [6.07, 6.45) is 6.64. The molecule has 1 unspecified atom stereocenters. The van der Waals surface area contributed by atoms with E-state index < -0.39 is 6.03 Å². The Morgan fingerprint density at radius 2 is 1.88 bits per heavy atom. The fourth-order valence-electron chi connectivity index (χ4n) is 2.72. The number of azo groups is 1. The third kappa shape index (κ3) is 1.58. The van der Waals surface area contributed by atoms with Crippen molar-refractivity contribution in [2.75, 3.05) is 20.2 Å². The van der Waals surface area contributed by atoms with E-state index in [9.17, 15) is 0 Å². The molecule has 1 aliphatic carbocycles. The summed E-state index contributed by atoms with van der Waals surface area (Å²) in [5, 5.41) is 8.68. The predicted molar refractivity (Wildman–Crippen MR) is 57.7 cm³/mol. The summed E-state index contributed by atoms with van der Waals surface area (Å²) in [6, 6.07) is -0.907. The van der Waals surface area contributed by atoms with Gasteiger partial charge in [0.05, 0.1) is 6.61 Å². The van der Waals surface area contributed by atoms with Crippen molar-refractivity contribution in [3.63, 3.8) is 0 Å². The molecule has 1 atom stereocenters. The average Bonchev–Trinajstić information content (AvgIpc) is 2.65. The Kier molecular flexibility index (Phi) is 2.49. The van der Waals surface area contributed by atoms with Gasteiger partial charge in [-0.3, -0.25) is 4.74 Å². The second-order valence-corrected chi connectivity index (χ2v) is 4.98. The third-order valence-electron chi connectivity index (χ3n) is 3.73. The Bertz CT molecular complexity index is 302. The molecule has 5 nitrogen and oxygen atoms in total. The fourth-order valence-corrected chi connectivity index (χ4v) is 2.72. The molecule has 0 aromatic heterocycles. The van der Waals surface area contributed by atoms with Crippen molar-refractivity contribution < 1.29 is 9.47 Å². The van der Waals surface area contributed by atoms with Crippen LogP contribution in [0.25, 0.3) is 0 Å². The van der Waals surface area contributed by atoms with E-state index in [1.807, 2.05) is 11.9 Å². The van der Waals surface area contributed by atoms with E-state index >= 15 is 0 Å². The van der Waals surface area contributed by atoms with E-state index in [0.29, 0.717) is 6.61 Å². The van der Waals surface area contributed by atoms with E-state index in [1.165, 1.54) is 19.3 Å². The summed E-state index contributed by atoms with van der Waals surface area (Å²) in [7, 11) is 1.99. The molecule has 0 bridgehead atoms. The van der Waals surface area contributed by atoms with Crippen LogP contribution in [0.1, 0.15) is 38.5 Å². The Labute approximate surface area is 95.8 Å². The molecule has 2 fully saturated rings. The maximum Gasteiger partial charge on any atom is 0.357 e. The van der Waals surface area contributed by atoms with Crippen LogP contribution in [0.5, 0.6) is 0 Å². The van der Waals surface area contributed by atoms with Crippen LogP contribution in [-0.4, -0.2) is 36.9 Å². The van der Waals surface area contributed by atoms with Gasteiger partial charge in [-0.2, -0.15) is 5.11 Å². The van der Waals surface area contributed by atoms with Crippen LogP contribution in [-0.2, 0) is 9.47 Å². The van der Waals surface area contributed by atoms with E-state index in [0.717, 1.165) is 25.8 Å². The minimum absolute atomic E-state index is 0.385. The summed E-state index contributed by atoms with van der Waals surface area (Å²) >= 11 is 0. The van der Waals surface area contributed by atoms with Gasteiger partial charge in [-0.05, 0) is 39.2 Å². The highest BCUT2D eigenvalue weighted by atomic mass is 16.8. The van der Waals surface area contributed by atoms with E-state index in [2.05, 4.69) is 10.2 Å². The first kappa shape index (κ1) is 10.6. The largest absolute Gasteiger partial charge is 0.357 e. The van der Waals surface area contributed by atoms with Gasteiger partial charge in [-0.25, -0.2) is 4.90 Å². The maximum absolute atomic E-state index is 6.10. The molecule has 90 valence electrons. The van der Waals surface area contributed by atoms with E-state index in [-0.39, 0.29) is 5.72 Å².